The second kappa shape index (κ2) is 5.72. The minimum absolute atomic E-state index is 0.140. The number of hydrogen-bond acceptors (Lipinski definition) is 0. The third kappa shape index (κ3) is 2.18. The Hall–Kier alpha value is -2.08. The zero-order valence-corrected chi connectivity index (χ0v) is 18.8. The lowest BCUT2D eigenvalue weighted by molar-refractivity contribution is 0.141. The van der Waals surface area contributed by atoms with Crippen molar-refractivity contribution < 1.29 is 0 Å². The molecule has 0 aromatic heterocycles. The third-order valence-electron chi connectivity index (χ3n) is 8.50. The van der Waals surface area contributed by atoms with Crippen LogP contribution in [0.3, 0.4) is 0 Å². The summed E-state index contributed by atoms with van der Waals surface area (Å²) < 4.78 is 0. The molecule has 146 valence electrons. The van der Waals surface area contributed by atoms with Crippen LogP contribution >= 0.6 is 0 Å². The first kappa shape index (κ1) is 19.2. The highest BCUT2D eigenvalue weighted by Gasteiger charge is 2.62. The fourth-order valence-electron chi connectivity index (χ4n) is 5.47. The Morgan fingerprint density at radius 2 is 0.607 bits per heavy atom. The lowest BCUT2D eigenvalue weighted by atomic mass is 9.38. The Kier molecular flexibility index (Phi) is 3.93. The summed E-state index contributed by atoms with van der Waals surface area (Å²) in [7, 11) is 0. The maximum Gasteiger partial charge on any atom is -0.000285 e. The third-order valence-corrected chi connectivity index (χ3v) is 8.50. The maximum absolute atomic E-state index is 2.44. The summed E-state index contributed by atoms with van der Waals surface area (Å²) in [6.07, 6.45) is 0. The minimum Gasteiger partial charge on any atom is -0.0622 e. The first-order valence-corrected chi connectivity index (χ1v) is 10.6. The summed E-state index contributed by atoms with van der Waals surface area (Å²) >= 11 is 0. The van der Waals surface area contributed by atoms with Crippen LogP contribution in [-0.2, 0) is 0 Å². The van der Waals surface area contributed by atoms with Crippen LogP contribution in [0.1, 0.15) is 66.5 Å². The highest BCUT2D eigenvalue weighted by molar-refractivity contribution is 5.94. The maximum atomic E-state index is 2.44. The molecule has 2 aliphatic carbocycles. The number of allylic oxidation sites excluding steroid dienone is 4. The summed E-state index contributed by atoms with van der Waals surface area (Å²) in [5.74, 6) is 0. The van der Waals surface area contributed by atoms with Crippen molar-refractivity contribution in [2.45, 2.75) is 55.4 Å². The predicted octanol–water partition coefficient (Wildman–Crippen LogP) is 8.03. The summed E-state index contributed by atoms with van der Waals surface area (Å²) in [6, 6.07) is 22.0. The summed E-state index contributed by atoms with van der Waals surface area (Å²) in [4.78, 5) is 0. The molecule has 0 heteroatoms. The molecule has 0 heterocycles. The van der Waals surface area contributed by atoms with E-state index >= 15 is 0 Å². The molecule has 0 aliphatic heterocycles. The van der Waals surface area contributed by atoms with Gasteiger partial charge in [0.05, 0.1) is 0 Å². The van der Waals surface area contributed by atoms with Gasteiger partial charge in [-0.15, -0.1) is 0 Å². The molecule has 0 saturated heterocycles. The number of benzene rings is 2. The molecule has 0 bridgehead atoms. The monoisotopic (exact) mass is 370 g/mol. The zero-order chi connectivity index (χ0) is 20.5. The van der Waals surface area contributed by atoms with Gasteiger partial charge in [0, 0.05) is 0 Å². The highest BCUT2D eigenvalue weighted by Crippen LogP contribution is 2.74. The molecule has 2 aromatic carbocycles. The lowest BCUT2D eigenvalue weighted by Crippen LogP contribution is -2.54. The van der Waals surface area contributed by atoms with Gasteiger partial charge in [-0.25, -0.2) is 0 Å². The van der Waals surface area contributed by atoms with Gasteiger partial charge in [0.15, 0.2) is 0 Å². The van der Waals surface area contributed by atoms with Crippen LogP contribution in [0.2, 0.25) is 0 Å². The summed E-state index contributed by atoms with van der Waals surface area (Å²) in [5.41, 5.74) is 9.55. The molecular formula is C28H34. The Morgan fingerprint density at radius 3 is 0.893 bits per heavy atom. The van der Waals surface area contributed by atoms with Crippen molar-refractivity contribution in [3.63, 3.8) is 0 Å². The normalized spacial score (nSPS) is 23.9. The second-order valence-electron chi connectivity index (χ2n) is 10.7. The Morgan fingerprint density at radius 1 is 0.357 bits per heavy atom. The van der Waals surface area contributed by atoms with Crippen molar-refractivity contribution in [3.8, 4) is 0 Å². The molecule has 28 heavy (non-hydrogen) atoms. The predicted molar refractivity (Wildman–Crippen MR) is 122 cm³/mol. The molecule has 0 amide bonds. The fourth-order valence-corrected chi connectivity index (χ4v) is 5.47. The van der Waals surface area contributed by atoms with Crippen LogP contribution in [0.15, 0.2) is 71.8 Å². The van der Waals surface area contributed by atoms with Crippen molar-refractivity contribution >= 4 is 11.1 Å². The van der Waals surface area contributed by atoms with Crippen LogP contribution in [0, 0.1) is 21.7 Å². The molecule has 0 fully saturated rings. The Balaban J connectivity index is 2.07. The van der Waals surface area contributed by atoms with E-state index in [1.807, 2.05) is 0 Å². The minimum atomic E-state index is 0.140. The standard InChI is InChI=1S/C28H34/c1-25(2)21(19-15-11-9-12-16-19)23(27(25,5)6)24-22(20-17-13-10-14-18-20)26(3,4)28(24,7)8/h9-18H,1-8H3. The van der Waals surface area contributed by atoms with Gasteiger partial charge in [-0.2, -0.15) is 0 Å². The van der Waals surface area contributed by atoms with Gasteiger partial charge in [0.2, 0.25) is 0 Å². The zero-order valence-electron chi connectivity index (χ0n) is 18.8. The second-order valence-corrected chi connectivity index (χ2v) is 10.7. The molecular weight excluding hydrogens is 336 g/mol. The topological polar surface area (TPSA) is 0 Å². The van der Waals surface area contributed by atoms with E-state index < -0.39 is 0 Å². The van der Waals surface area contributed by atoms with Gasteiger partial charge in [0.1, 0.15) is 0 Å². The molecule has 2 aromatic rings. The van der Waals surface area contributed by atoms with Gasteiger partial charge < -0.3 is 0 Å². The fraction of sp³-hybridized carbons (Fsp3) is 0.429. The van der Waals surface area contributed by atoms with Gasteiger partial charge in [-0.3, -0.25) is 0 Å². The van der Waals surface area contributed by atoms with Gasteiger partial charge >= 0.3 is 0 Å². The van der Waals surface area contributed by atoms with Gasteiger partial charge in [0.25, 0.3) is 0 Å². The van der Waals surface area contributed by atoms with E-state index in [4.69, 9.17) is 0 Å². The van der Waals surface area contributed by atoms with E-state index in [2.05, 4.69) is 116 Å². The van der Waals surface area contributed by atoms with Crippen molar-refractivity contribution in [2.24, 2.45) is 21.7 Å². The molecule has 2 aliphatic rings. The SMILES string of the molecule is CC1(C)C(C2=C(c3ccccc3)C(C)(C)C2(C)C)=C(c2ccccc2)C1(C)C. The molecule has 0 N–H and O–H groups in total. The van der Waals surface area contributed by atoms with Crippen molar-refractivity contribution in [1.82, 2.24) is 0 Å². The van der Waals surface area contributed by atoms with Crippen molar-refractivity contribution in [2.75, 3.05) is 0 Å². The van der Waals surface area contributed by atoms with Crippen LogP contribution in [-0.4, -0.2) is 0 Å². The molecule has 0 nitrogen and oxygen atoms in total. The molecule has 0 unspecified atom stereocenters. The molecule has 4 rings (SSSR count). The first-order chi connectivity index (χ1) is 13.0. The summed E-state index contributed by atoms with van der Waals surface area (Å²) in [6.45, 7) is 19.4. The van der Waals surface area contributed by atoms with Crippen molar-refractivity contribution in [3.05, 3.63) is 82.9 Å². The Labute approximate surface area is 171 Å². The number of hydrogen-bond donors (Lipinski definition) is 0. The molecule has 0 spiro atoms. The molecule has 0 saturated carbocycles. The van der Waals surface area contributed by atoms with Crippen LogP contribution in [0.4, 0.5) is 0 Å². The Bertz CT molecular complexity index is 893. The summed E-state index contributed by atoms with van der Waals surface area (Å²) in [5, 5.41) is 0. The van der Waals surface area contributed by atoms with E-state index in [1.54, 1.807) is 11.1 Å². The van der Waals surface area contributed by atoms with E-state index in [9.17, 15) is 0 Å². The highest BCUT2D eigenvalue weighted by atomic mass is 14.7. The molecule has 0 radical (unpaired) electrons. The van der Waals surface area contributed by atoms with E-state index in [1.165, 1.54) is 22.3 Å². The quantitative estimate of drug-likeness (QED) is 0.513. The largest absolute Gasteiger partial charge is 0.0622 e. The molecule has 0 atom stereocenters. The average molecular weight is 371 g/mol. The lowest BCUT2D eigenvalue weighted by Gasteiger charge is -2.65. The first-order valence-electron chi connectivity index (χ1n) is 10.6. The van der Waals surface area contributed by atoms with E-state index in [0.717, 1.165) is 0 Å². The van der Waals surface area contributed by atoms with Crippen LogP contribution < -0.4 is 0 Å². The van der Waals surface area contributed by atoms with Gasteiger partial charge in [-0.1, -0.05) is 116 Å². The van der Waals surface area contributed by atoms with Crippen molar-refractivity contribution in [1.29, 1.82) is 0 Å². The average Bonchev–Trinajstić information content (AvgIpc) is 2.65. The van der Waals surface area contributed by atoms with Crippen LogP contribution in [0.5, 0.6) is 0 Å². The number of rotatable bonds is 3. The van der Waals surface area contributed by atoms with Crippen LogP contribution in [0.25, 0.3) is 11.1 Å². The van der Waals surface area contributed by atoms with E-state index in [-0.39, 0.29) is 21.7 Å². The van der Waals surface area contributed by atoms with E-state index in [0.29, 0.717) is 0 Å². The smallest absolute Gasteiger partial charge is 0.000285 e. The van der Waals surface area contributed by atoms with Gasteiger partial charge in [-0.05, 0) is 55.1 Å².